The van der Waals surface area contributed by atoms with Crippen LogP contribution in [0.2, 0.25) is 10.0 Å². The second-order valence-corrected chi connectivity index (χ2v) is 6.63. The van der Waals surface area contributed by atoms with Crippen molar-refractivity contribution in [3.8, 4) is 11.5 Å². The second kappa shape index (κ2) is 6.16. The molecule has 1 aliphatic rings. The van der Waals surface area contributed by atoms with E-state index in [1.54, 1.807) is 24.4 Å². The van der Waals surface area contributed by atoms with Crippen LogP contribution >= 0.6 is 35.4 Å². The molecular weight excluding hydrogens is 367 g/mol. The predicted molar refractivity (Wildman–Crippen MR) is 96.5 cm³/mol. The van der Waals surface area contributed by atoms with Crippen molar-refractivity contribution < 1.29 is 0 Å². The molecule has 9 heteroatoms. The fourth-order valence-corrected chi connectivity index (χ4v) is 3.48. The van der Waals surface area contributed by atoms with E-state index < -0.39 is 0 Å². The van der Waals surface area contributed by atoms with Gasteiger partial charge in [-0.1, -0.05) is 29.3 Å². The quantitative estimate of drug-likeness (QED) is 0.533. The maximum absolute atomic E-state index is 6.17. The first-order chi connectivity index (χ1) is 11.6. The van der Waals surface area contributed by atoms with E-state index in [0.29, 0.717) is 26.2 Å². The van der Waals surface area contributed by atoms with Gasteiger partial charge in [0.15, 0.2) is 0 Å². The summed E-state index contributed by atoms with van der Waals surface area (Å²) in [5, 5.41) is 19.9. The average molecular weight is 379 g/mol. The van der Waals surface area contributed by atoms with Crippen LogP contribution in [0.4, 0.5) is 0 Å². The van der Waals surface area contributed by atoms with Gasteiger partial charge in [-0.05, 0) is 43.6 Å². The minimum atomic E-state index is 0.374. The van der Waals surface area contributed by atoms with Crippen molar-refractivity contribution in [2.45, 2.75) is 19.3 Å². The zero-order valence-electron chi connectivity index (χ0n) is 12.4. The summed E-state index contributed by atoms with van der Waals surface area (Å²) >= 11 is 17.6. The molecule has 1 aromatic carbocycles. The number of hydrogen-bond acceptors (Lipinski definition) is 4. The molecule has 2 N–H and O–H groups in total. The molecule has 0 bridgehead atoms. The van der Waals surface area contributed by atoms with Gasteiger partial charge in [0, 0.05) is 16.8 Å². The minimum Gasteiger partial charge on any atom is -0.282 e. The Balaban J connectivity index is 1.78. The number of H-pyrrole nitrogens is 2. The summed E-state index contributed by atoms with van der Waals surface area (Å²) in [6, 6.07) is 5.29. The van der Waals surface area contributed by atoms with E-state index in [9.17, 15) is 0 Å². The molecule has 0 saturated heterocycles. The first-order valence-electron chi connectivity index (χ1n) is 7.37. The Bertz CT molecular complexity index is 980. The molecule has 2 heterocycles. The Labute approximate surface area is 152 Å². The molecular formula is C15H12Cl2N6S. The number of halogens is 2. The van der Waals surface area contributed by atoms with Gasteiger partial charge in [-0.2, -0.15) is 20.0 Å². The monoisotopic (exact) mass is 378 g/mol. The molecule has 122 valence electrons. The van der Waals surface area contributed by atoms with Gasteiger partial charge in [0.05, 0.1) is 16.3 Å². The highest BCUT2D eigenvalue weighted by Crippen LogP contribution is 2.29. The number of aromatic nitrogens is 5. The summed E-state index contributed by atoms with van der Waals surface area (Å²) in [5.41, 5.74) is 3.74. The number of rotatable bonds is 3. The molecule has 0 spiro atoms. The molecule has 0 atom stereocenters. The van der Waals surface area contributed by atoms with Crippen molar-refractivity contribution in [3.05, 3.63) is 49.8 Å². The van der Waals surface area contributed by atoms with Gasteiger partial charge in [0.1, 0.15) is 5.69 Å². The van der Waals surface area contributed by atoms with E-state index in [0.717, 1.165) is 30.7 Å². The van der Waals surface area contributed by atoms with Crippen molar-refractivity contribution in [2.75, 3.05) is 0 Å². The number of hydrogen-bond donors (Lipinski definition) is 2. The maximum Gasteiger partial charge on any atom is 0.216 e. The smallest absolute Gasteiger partial charge is 0.216 e. The lowest BCUT2D eigenvalue weighted by molar-refractivity contribution is 0.844. The number of benzene rings is 1. The standard InChI is InChI=1S/C15H12Cl2N6S/c16-10-4-2-5-11(17)9(10)7-18-23-14(21-22-15(23)24)13-8-3-1-6-12(8)19-20-13/h2,4-5,7H,1,3,6H2,(H,19,20)(H,22,24)/b18-7+. The highest BCUT2D eigenvalue weighted by molar-refractivity contribution is 7.71. The van der Waals surface area contributed by atoms with E-state index in [1.165, 1.54) is 10.2 Å². The van der Waals surface area contributed by atoms with Crippen LogP contribution in [-0.4, -0.2) is 31.3 Å². The number of aromatic amines is 2. The molecule has 2 aromatic heterocycles. The summed E-state index contributed by atoms with van der Waals surface area (Å²) in [6.07, 6.45) is 4.67. The van der Waals surface area contributed by atoms with E-state index in [1.807, 2.05) is 0 Å². The van der Waals surface area contributed by atoms with Crippen molar-refractivity contribution in [3.63, 3.8) is 0 Å². The second-order valence-electron chi connectivity index (χ2n) is 5.43. The van der Waals surface area contributed by atoms with Crippen LogP contribution in [0.15, 0.2) is 23.3 Å². The SMILES string of the molecule is S=c1[nH]nc(-c2n[nH]c3c2CCC3)n1/N=C/c1c(Cl)cccc1Cl. The zero-order valence-corrected chi connectivity index (χ0v) is 14.7. The molecule has 0 amide bonds. The Morgan fingerprint density at radius 2 is 1.96 bits per heavy atom. The number of nitrogens with zero attached hydrogens (tertiary/aromatic N) is 4. The highest BCUT2D eigenvalue weighted by Gasteiger charge is 2.23. The van der Waals surface area contributed by atoms with E-state index in [4.69, 9.17) is 35.4 Å². The van der Waals surface area contributed by atoms with Crippen molar-refractivity contribution in [1.29, 1.82) is 0 Å². The summed E-state index contributed by atoms with van der Waals surface area (Å²) in [4.78, 5) is 0. The predicted octanol–water partition coefficient (Wildman–Crippen LogP) is 4.01. The number of aryl methyl sites for hydroxylation is 1. The number of nitrogens with one attached hydrogen (secondary N) is 2. The molecule has 0 radical (unpaired) electrons. The van der Waals surface area contributed by atoms with Crippen LogP contribution in [0.25, 0.3) is 11.5 Å². The molecule has 3 aromatic rings. The molecule has 4 rings (SSSR count). The van der Waals surface area contributed by atoms with Crippen LogP contribution < -0.4 is 0 Å². The maximum atomic E-state index is 6.17. The Hall–Kier alpha value is -1.96. The normalized spacial score (nSPS) is 13.8. The summed E-state index contributed by atoms with van der Waals surface area (Å²) in [7, 11) is 0. The molecule has 0 unspecified atom stereocenters. The van der Waals surface area contributed by atoms with E-state index in [-0.39, 0.29) is 0 Å². The van der Waals surface area contributed by atoms with E-state index in [2.05, 4.69) is 25.5 Å². The summed E-state index contributed by atoms with van der Waals surface area (Å²) < 4.78 is 1.91. The van der Waals surface area contributed by atoms with Crippen molar-refractivity contribution >= 4 is 41.6 Å². The van der Waals surface area contributed by atoms with Gasteiger partial charge >= 0.3 is 0 Å². The van der Waals surface area contributed by atoms with E-state index >= 15 is 0 Å². The first kappa shape index (κ1) is 15.6. The van der Waals surface area contributed by atoms with Crippen LogP contribution in [0.5, 0.6) is 0 Å². The van der Waals surface area contributed by atoms with Crippen molar-refractivity contribution in [1.82, 2.24) is 25.1 Å². The lowest BCUT2D eigenvalue weighted by Gasteiger charge is -2.02. The Morgan fingerprint density at radius 3 is 2.75 bits per heavy atom. The van der Waals surface area contributed by atoms with Crippen LogP contribution in [0.1, 0.15) is 23.2 Å². The Morgan fingerprint density at radius 1 is 1.17 bits per heavy atom. The molecule has 1 aliphatic carbocycles. The minimum absolute atomic E-state index is 0.374. The topological polar surface area (TPSA) is 74.7 Å². The van der Waals surface area contributed by atoms with Gasteiger partial charge in [-0.15, -0.1) is 0 Å². The fourth-order valence-electron chi connectivity index (χ4n) is 2.81. The molecule has 0 aliphatic heterocycles. The molecule has 6 nitrogen and oxygen atoms in total. The molecule has 0 fully saturated rings. The fraction of sp³-hybridized carbons (Fsp3) is 0.200. The third-order valence-corrected chi connectivity index (χ3v) is 4.89. The van der Waals surface area contributed by atoms with Gasteiger partial charge < -0.3 is 0 Å². The van der Waals surface area contributed by atoms with Gasteiger partial charge in [0.2, 0.25) is 10.6 Å². The lowest BCUT2D eigenvalue weighted by Crippen LogP contribution is -1.98. The van der Waals surface area contributed by atoms with Gasteiger partial charge in [-0.3, -0.25) is 5.10 Å². The van der Waals surface area contributed by atoms with Crippen LogP contribution in [0.3, 0.4) is 0 Å². The average Bonchev–Trinajstić information content (AvgIpc) is 3.23. The first-order valence-corrected chi connectivity index (χ1v) is 8.54. The third-order valence-electron chi connectivity index (χ3n) is 3.97. The van der Waals surface area contributed by atoms with Gasteiger partial charge in [0.25, 0.3) is 0 Å². The zero-order chi connectivity index (χ0) is 16.7. The van der Waals surface area contributed by atoms with Crippen LogP contribution in [-0.2, 0) is 12.8 Å². The molecule has 24 heavy (non-hydrogen) atoms. The number of fused-ring (bicyclic) bond motifs is 1. The Kier molecular flexibility index (Phi) is 3.99. The van der Waals surface area contributed by atoms with Crippen LogP contribution in [0, 0.1) is 4.77 Å². The third kappa shape index (κ3) is 2.58. The highest BCUT2D eigenvalue weighted by atomic mass is 35.5. The van der Waals surface area contributed by atoms with Crippen molar-refractivity contribution in [2.24, 2.45) is 5.10 Å². The van der Waals surface area contributed by atoms with Gasteiger partial charge in [-0.25, -0.2) is 5.10 Å². The largest absolute Gasteiger partial charge is 0.282 e. The summed E-state index contributed by atoms with van der Waals surface area (Å²) in [5.74, 6) is 0.568. The summed E-state index contributed by atoms with van der Waals surface area (Å²) in [6.45, 7) is 0. The molecule has 0 saturated carbocycles. The lowest BCUT2D eigenvalue weighted by atomic mass is 10.2.